The van der Waals surface area contributed by atoms with Gasteiger partial charge in [-0.05, 0) is 18.2 Å². The van der Waals surface area contributed by atoms with E-state index in [0.29, 0.717) is 0 Å². The molecule has 4 unspecified atom stereocenters. The number of rotatable bonds is 4. The minimum absolute atomic E-state index is 0.00638. The van der Waals surface area contributed by atoms with Crippen LogP contribution in [0, 0.1) is 0 Å². The van der Waals surface area contributed by atoms with Crippen molar-refractivity contribution in [3.8, 4) is 45.8 Å². The molecule has 4 rings (SSSR count). The average Bonchev–Trinajstić information content (AvgIpc) is 2.79. The van der Waals surface area contributed by atoms with Gasteiger partial charge < -0.3 is 54.4 Å². The number of aromatic hydroxyl groups is 4. The Morgan fingerprint density at radius 2 is 1.70 bits per heavy atom. The minimum Gasteiger partial charge on any atom is -0.507 e. The SMILES string of the molecule is COc1cc(O)c2c(=O)c(OC3OCC(O)C(O)C3O)c(-c3ccc(O)c(O)c3)oc2c1O. The molecule has 33 heavy (non-hydrogen) atoms. The Kier molecular flexibility index (Phi) is 5.68. The maximum absolute atomic E-state index is 13.3. The second-order valence-corrected chi connectivity index (χ2v) is 7.31. The van der Waals surface area contributed by atoms with Crippen LogP contribution in [0.3, 0.4) is 0 Å². The van der Waals surface area contributed by atoms with Gasteiger partial charge in [0.1, 0.15) is 29.4 Å². The number of ether oxygens (including phenoxy) is 3. The van der Waals surface area contributed by atoms with E-state index in [1.165, 1.54) is 13.2 Å². The number of hydrogen-bond acceptors (Lipinski definition) is 12. The lowest BCUT2D eigenvalue weighted by Gasteiger charge is -2.34. The van der Waals surface area contributed by atoms with Crippen LogP contribution in [0.4, 0.5) is 0 Å². The summed E-state index contributed by atoms with van der Waals surface area (Å²) in [5, 5.41) is 69.6. The van der Waals surface area contributed by atoms with Gasteiger partial charge in [0.05, 0.1) is 13.7 Å². The highest BCUT2D eigenvalue weighted by atomic mass is 16.7. The molecular weight excluding hydrogens is 444 g/mol. The molecule has 1 aromatic heterocycles. The summed E-state index contributed by atoms with van der Waals surface area (Å²) in [4.78, 5) is 13.3. The molecule has 0 saturated carbocycles. The number of methoxy groups -OCH3 is 1. The van der Waals surface area contributed by atoms with Crippen LogP contribution >= 0.6 is 0 Å². The zero-order chi connectivity index (χ0) is 24.0. The lowest BCUT2D eigenvalue weighted by molar-refractivity contribution is -0.242. The van der Waals surface area contributed by atoms with Crippen LogP contribution < -0.4 is 14.9 Å². The lowest BCUT2D eigenvalue weighted by Crippen LogP contribution is -2.55. The van der Waals surface area contributed by atoms with Gasteiger partial charge in [0.15, 0.2) is 28.6 Å². The first-order chi connectivity index (χ1) is 15.6. The molecule has 7 N–H and O–H groups in total. The summed E-state index contributed by atoms with van der Waals surface area (Å²) in [6, 6.07) is 4.39. The van der Waals surface area contributed by atoms with E-state index in [-0.39, 0.29) is 17.1 Å². The summed E-state index contributed by atoms with van der Waals surface area (Å²) >= 11 is 0. The van der Waals surface area contributed by atoms with Crippen LogP contribution in [-0.4, -0.2) is 74.1 Å². The normalized spacial score (nSPS) is 22.9. The van der Waals surface area contributed by atoms with Gasteiger partial charge in [-0.3, -0.25) is 4.79 Å². The van der Waals surface area contributed by atoms with Gasteiger partial charge in [-0.2, -0.15) is 0 Å². The van der Waals surface area contributed by atoms with Gasteiger partial charge in [0.25, 0.3) is 0 Å². The van der Waals surface area contributed by atoms with E-state index < -0.39 is 76.4 Å². The summed E-state index contributed by atoms with van der Waals surface area (Å²) in [5.41, 5.74) is -1.45. The Hall–Kier alpha value is -3.71. The van der Waals surface area contributed by atoms with Crippen LogP contribution in [0.2, 0.25) is 0 Å². The van der Waals surface area contributed by atoms with Crippen molar-refractivity contribution in [2.75, 3.05) is 13.7 Å². The van der Waals surface area contributed by atoms with Crippen molar-refractivity contribution in [1.29, 1.82) is 0 Å². The number of phenols is 4. The molecule has 1 fully saturated rings. The molecule has 12 nitrogen and oxygen atoms in total. The topological polar surface area (TPSA) is 200 Å². The quantitative estimate of drug-likeness (QED) is 0.203. The van der Waals surface area contributed by atoms with Crippen molar-refractivity contribution in [3.05, 3.63) is 34.5 Å². The highest BCUT2D eigenvalue weighted by Crippen LogP contribution is 2.43. The first kappa shape index (κ1) is 22.5. The molecule has 1 aliphatic heterocycles. The molecular formula is C21H20O12. The van der Waals surface area contributed by atoms with Crippen LogP contribution in [0.5, 0.6) is 34.5 Å². The molecule has 0 radical (unpaired) electrons. The van der Waals surface area contributed by atoms with Gasteiger partial charge in [0, 0.05) is 11.6 Å². The molecule has 2 heterocycles. The monoisotopic (exact) mass is 464 g/mol. The third kappa shape index (κ3) is 3.74. The van der Waals surface area contributed by atoms with E-state index in [1.807, 2.05) is 0 Å². The molecule has 0 aliphatic carbocycles. The van der Waals surface area contributed by atoms with E-state index in [0.717, 1.165) is 18.2 Å². The molecule has 12 heteroatoms. The predicted octanol–water partition coefficient (Wildman–Crippen LogP) is 0.109. The number of phenolic OH excluding ortho intramolecular Hbond substituents is 4. The smallest absolute Gasteiger partial charge is 0.239 e. The largest absolute Gasteiger partial charge is 0.507 e. The van der Waals surface area contributed by atoms with Crippen LogP contribution in [-0.2, 0) is 4.74 Å². The fourth-order valence-corrected chi connectivity index (χ4v) is 3.41. The highest BCUT2D eigenvalue weighted by molar-refractivity contribution is 5.93. The maximum Gasteiger partial charge on any atom is 0.239 e. The van der Waals surface area contributed by atoms with Crippen molar-refractivity contribution in [2.45, 2.75) is 24.6 Å². The molecule has 0 amide bonds. The third-order valence-electron chi connectivity index (χ3n) is 5.19. The van der Waals surface area contributed by atoms with Gasteiger partial charge >= 0.3 is 0 Å². The molecule has 0 bridgehead atoms. The van der Waals surface area contributed by atoms with Crippen molar-refractivity contribution >= 4 is 11.0 Å². The summed E-state index contributed by atoms with van der Waals surface area (Å²) in [6.45, 7) is -0.416. The number of aliphatic hydroxyl groups is 3. The fourth-order valence-electron chi connectivity index (χ4n) is 3.41. The van der Waals surface area contributed by atoms with Crippen molar-refractivity contribution < 1.29 is 54.4 Å². The van der Waals surface area contributed by atoms with Gasteiger partial charge in [-0.15, -0.1) is 0 Å². The first-order valence-corrected chi connectivity index (χ1v) is 9.58. The molecule has 2 aromatic carbocycles. The number of benzene rings is 2. The van der Waals surface area contributed by atoms with E-state index >= 15 is 0 Å². The van der Waals surface area contributed by atoms with E-state index in [4.69, 9.17) is 18.6 Å². The fraction of sp³-hybridized carbons (Fsp3) is 0.286. The van der Waals surface area contributed by atoms with E-state index in [2.05, 4.69) is 0 Å². The van der Waals surface area contributed by atoms with Crippen molar-refractivity contribution in [3.63, 3.8) is 0 Å². The maximum atomic E-state index is 13.3. The van der Waals surface area contributed by atoms with Gasteiger partial charge in [-0.1, -0.05) is 0 Å². The van der Waals surface area contributed by atoms with Crippen molar-refractivity contribution in [2.24, 2.45) is 0 Å². The van der Waals surface area contributed by atoms with Gasteiger partial charge in [0.2, 0.25) is 23.2 Å². The van der Waals surface area contributed by atoms with Crippen molar-refractivity contribution in [1.82, 2.24) is 0 Å². The van der Waals surface area contributed by atoms with Crippen LogP contribution in [0.1, 0.15) is 0 Å². The van der Waals surface area contributed by atoms with E-state index in [9.17, 15) is 40.5 Å². The number of hydrogen-bond donors (Lipinski definition) is 7. The third-order valence-corrected chi connectivity index (χ3v) is 5.19. The molecule has 3 aromatic rings. The lowest BCUT2D eigenvalue weighted by atomic mass is 10.1. The second kappa shape index (κ2) is 8.33. The standard InChI is InChI=1S/C21H20O12/c1-30-12-5-10(24)13-16(28)20(33-21-17(29)14(26)11(25)6-31-21)18(32-19(13)15(12)27)7-2-3-8(22)9(23)4-7/h2-5,11,14,17,21-27,29H,6H2,1H3. The molecule has 1 aliphatic rings. The molecule has 4 atom stereocenters. The summed E-state index contributed by atoms with van der Waals surface area (Å²) < 4.78 is 21.3. The Balaban J connectivity index is 1.97. The Morgan fingerprint density at radius 1 is 0.970 bits per heavy atom. The van der Waals surface area contributed by atoms with E-state index in [1.54, 1.807) is 0 Å². The summed E-state index contributed by atoms with van der Waals surface area (Å²) in [5.74, 6) is -3.42. The predicted molar refractivity (Wildman–Crippen MR) is 110 cm³/mol. The van der Waals surface area contributed by atoms with Crippen LogP contribution in [0.25, 0.3) is 22.3 Å². The number of aliphatic hydroxyl groups excluding tert-OH is 3. The Bertz CT molecular complexity index is 1270. The minimum atomic E-state index is -1.76. The molecule has 0 spiro atoms. The second-order valence-electron chi connectivity index (χ2n) is 7.31. The van der Waals surface area contributed by atoms with Gasteiger partial charge in [-0.25, -0.2) is 0 Å². The number of fused-ring (bicyclic) bond motifs is 1. The first-order valence-electron chi connectivity index (χ1n) is 9.58. The molecule has 1 saturated heterocycles. The summed E-state index contributed by atoms with van der Waals surface area (Å²) in [7, 11) is 1.22. The summed E-state index contributed by atoms with van der Waals surface area (Å²) in [6.07, 6.45) is -6.42. The Labute approximate surface area is 184 Å². The van der Waals surface area contributed by atoms with Crippen LogP contribution in [0.15, 0.2) is 33.5 Å². The Morgan fingerprint density at radius 3 is 2.36 bits per heavy atom. The zero-order valence-corrected chi connectivity index (χ0v) is 17.0. The zero-order valence-electron chi connectivity index (χ0n) is 17.0. The highest BCUT2D eigenvalue weighted by Gasteiger charge is 2.40. The molecule has 176 valence electrons. The average molecular weight is 464 g/mol.